The zero-order valence-electron chi connectivity index (χ0n) is 20.9. The van der Waals surface area contributed by atoms with Crippen molar-refractivity contribution >= 4 is 55.6 Å². The van der Waals surface area contributed by atoms with Crippen molar-refractivity contribution in [1.82, 2.24) is 10.3 Å². The summed E-state index contributed by atoms with van der Waals surface area (Å²) in [7, 11) is 5.87. The third kappa shape index (κ3) is 4.90. The average molecular weight is 499 g/mol. The van der Waals surface area contributed by atoms with Gasteiger partial charge in [0.25, 0.3) is 0 Å². The molecule has 0 saturated carbocycles. The molecule has 5 rings (SSSR count). The molecule has 2 N–H and O–H groups in total. The Labute approximate surface area is 217 Å². The van der Waals surface area contributed by atoms with Gasteiger partial charge in [0, 0.05) is 54.1 Å². The van der Waals surface area contributed by atoms with Crippen molar-refractivity contribution in [3.8, 4) is 5.75 Å². The summed E-state index contributed by atoms with van der Waals surface area (Å²) >= 11 is 6.25. The van der Waals surface area contributed by atoms with Crippen LogP contribution in [-0.4, -0.2) is 39.3 Å². The molecule has 0 aliphatic rings. The largest absolute Gasteiger partial charge is 0.497 e. The summed E-state index contributed by atoms with van der Waals surface area (Å²) in [5.41, 5.74) is 5.43. The Morgan fingerprint density at radius 1 is 0.833 bits per heavy atom. The summed E-state index contributed by atoms with van der Waals surface area (Å²) in [6.45, 7) is 2.58. The van der Waals surface area contributed by atoms with Gasteiger partial charge in [0.15, 0.2) is 0 Å². The lowest BCUT2D eigenvalue weighted by molar-refractivity contribution is 0.415. The first-order valence-corrected chi connectivity index (χ1v) is 12.6. The summed E-state index contributed by atoms with van der Waals surface area (Å²) in [6, 6.07) is 24.9. The Kier molecular flexibility index (Phi) is 7.12. The van der Waals surface area contributed by atoms with Crippen molar-refractivity contribution in [3.63, 3.8) is 0 Å². The fraction of sp³-hybridized carbons (Fsp3) is 0.233. The lowest BCUT2D eigenvalue weighted by atomic mass is 10.0. The van der Waals surface area contributed by atoms with Gasteiger partial charge in [-0.1, -0.05) is 41.9 Å². The number of pyridine rings is 1. The number of fused-ring (bicyclic) bond motifs is 3. The molecule has 0 aliphatic heterocycles. The zero-order valence-corrected chi connectivity index (χ0v) is 21.7. The second-order valence-corrected chi connectivity index (χ2v) is 9.61. The Hall–Kier alpha value is -3.54. The molecule has 5 aromatic rings. The fourth-order valence-electron chi connectivity index (χ4n) is 4.75. The SMILES string of the molecule is COc1ccc2nc3cc(Cl)ccc3c(NCCCNCc3ccc(N(C)C)c4ccccc34)c2c1. The highest BCUT2D eigenvalue weighted by molar-refractivity contribution is 6.31. The number of ether oxygens (including phenoxy) is 1. The van der Waals surface area contributed by atoms with Crippen LogP contribution in [0.2, 0.25) is 5.02 Å². The van der Waals surface area contributed by atoms with E-state index < -0.39 is 0 Å². The smallest absolute Gasteiger partial charge is 0.119 e. The van der Waals surface area contributed by atoms with Gasteiger partial charge in [-0.3, -0.25) is 0 Å². The predicted molar refractivity (Wildman–Crippen MR) is 154 cm³/mol. The zero-order chi connectivity index (χ0) is 25.1. The first kappa shape index (κ1) is 24.2. The lowest BCUT2D eigenvalue weighted by Crippen LogP contribution is -2.18. The molecule has 1 heterocycles. The maximum atomic E-state index is 6.25. The van der Waals surface area contributed by atoms with E-state index >= 15 is 0 Å². The minimum Gasteiger partial charge on any atom is -0.497 e. The number of methoxy groups -OCH3 is 1. The summed E-state index contributed by atoms with van der Waals surface area (Å²) < 4.78 is 5.47. The highest BCUT2D eigenvalue weighted by Gasteiger charge is 2.11. The molecule has 0 unspecified atom stereocenters. The molecule has 5 nitrogen and oxygen atoms in total. The van der Waals surface area contributed by atoms with Crippen LogP contribution in [0.15, 0.2) is 72.8 Å². The van der Waals surface area contributed by atoms with Crippen LogP contribution in [0.5, 0.6) is 5.75 Å². The van der Waals surface area contributed by atoms with Crippen LogP contribution in [0.4, 0.5) is 11.4 Å². The first-order valence-electron chi connectivity index (χ1n) is 12.2. The van der Waals surface area contributed by atoms with E-state index in [1.54, 1.807) is 7.11 Å². The average Bonchev–Trinajstić information content (AvgIpc) is 2.89. The molecule has 0 atom stereocenters. The van der Waals surface area contributed by atoms with E-state index in [2.05, 4.69) is 66.0 Å². The third-order valence-electron chi connectivity index (χ3n) is 6.56. The van der Waals surface area contributed by atoms with Gasteiger partial charge in [0.1, 0.15) is 5.75 Å². The van der Waals surface area contributed by atoms with E-state index in [4.69, 9.17) is 21.3 Å². The van der Waals surface area contributed by atoms with Crippen molar-refractivity contribution in [2.24, 2.45) is 0 Å². The highest BCUT2D eigenvalue weighted by Crippen LogP contribution is 2.34. The molecule has 0 aliphatic carbocycles. The normalized spacial score (nSPS) is 11.3. The minimum atomic E-state index is 0.684. The molecular formula is C30H31ClN4O. The van der Waals surface area contributed by atoms with Crippen LogP contribution in [0, 0.1) is 0 Å². The van der Waals surface area contributed by atoms with Crippen LogP contribution >= 0.6 is 11.6 Å². The number of halogens is 1. The molecule has 4 aromatic carbocycles. The molecular weight excluding hydrogens is 468 g/mol. The molecule has 184 valence electrons. The summed E-state index contributed by atoms with van der Waals surface area (Å²) in [5, 5.41) is 12.7. The van der Waals surface area contributed by atoms with Crippen molar-refractivity contribution in [2.45, 2.75) is 13.0 Å². The Morgan fingerprint density at radius 3 is 2.47 bits per heavy atom. The second-order valence-electron chi connectivity index (χ2n) is 9.17. The predicted octanol–water partition coefficient (Wildman–Crippen LogP) is 6.86. The summed E-state index contributed by atoms with van der Waals surface area (Å²) in [4.78, 5) is 6.98. The van der Waals surface area contributed by atoms with Crippen molar-refractivity contribution in [2.75, 3.05) is 44.5 Å². The number of nitrogens with zero attached hydrogens (tertiary/aromatic N) is 2. The van der Waals surface area contributed by atoms with E-state index in [1.165, 1.54) is 22.0 Å². The summed E-state index contributed by atoms with van der Waals surface area (Å²) in [5.74, 6) is 0.815. The maximum Gasteiger partial charge on any atom is 0.119 e. The van der Waals surface area contributed by atoms with E-state index in [9.17, 15) is 0 Å². The maximum absolute atomic E-state index is 6.25. The van der Waals surface area contributed by atoms with E-state index in [-0.39, 0.29) is 0 Å². The third-order valence-corrected chi connectivity index (χ3v) is 6.80. The topological polar surface area (TPSA) is 49.4 Å². The number of hydrogen-bond acceptors (Lipinski definition) is 5. The van der Waals surface area contributed by atoms with Gasteiger partial charge in [-0.2, -0.15) is 0 Å². The molecule has 0 saturated heterocycles. The Morgan fingerprint density at radius 2 is 1.67 bits per heavy atom. The molecule has 36 heavy (non-hydrogen) atoms. The Bertz CT molecular complexity index is 1530. The van der Waals surface area contributed by atoms with Gasteiger partial charge in [-0.15, -0.1) is 0 Å². The van der Waals surface area contributed by atoms with Gasteiger partial charge in [-0.25, -0.2) is 4.98 Å². The number of nitrogens with one attached hydrogen (secondary N) is 2. The molecule has 0 spiro atoms. The highest BCUT2D eigenvalue weighted by atomic mass is 35.5. The van der Waals surface area contributed by atoms with Crippen molar-refractivity contribution < 1.29 is 4.74 Å². The molecule has 6 heteroatoms. The van der Waals surface area contributed by atoms with Crippen molar-refractivity contribution in [3.05, 3.63) is 83.4 Å². The van der Waals surface area contributed by atoms with Crippen LogP contribution < -0.4 is 20.3 Å². The lowest BCUT2D eigenvalue weighted by Gasteiger charge is -2.18. The van der Waals surface area contributed by atoms with Crippen LogP contribution in [0.25, 0.3) is 32.6 Å². The molecule has 0 radical (unpaired) electrons. The van der Waals surface area contributed by atoms with E-state index in [0.29, 0.717) is 5.02 Å². The van der Waals surface area contributed by atoms with Crippen LogP contribution in [0.1, 0.15) is 12.0 Å². The van der Waals surface area contributed by atoms with Crippen molar-refractivity contribution in [1.29, 1.82) is 0 Å². The summed E-state index contributed by atoms with van der Waals surface area (Å²) in [6.07, 6.45) is 0.983. The molecule has 1 aromatic heterocycles. The quantitative estimate of drug-likeness (QED) is 0.172. The second kappa shape index (κ2) is 10.6. The molecule has 0 bridgehead atoms. The monoisotopic (exact) mass is 498 g/mol. The number of anilines is 2. The molecule has 0 fully saturated rings. The van der Waals surface area contributed by atoms with E-state index in [1.807, 2.05) is 36.4 Å². The fourth-order valence-corrected chi connectivity index (χ4v) is 4.92. The van der Waals surface area contributed by atoms with Gasteiger partial charge in [-0.05, 0) is 66.4 Å². The van der Waals surface area contributed by atoms with Gasteiger partial charge in [0.05, 0.1) is 23.8 Å². The number of aromatic nitrogens is 1. The molecule has 0 amide bonds. The van der Waals surface area contributed by atoms with E-state index in [0.717, 1.165) is 59.3 Å². The van der Waals surface area contributed by atoms with Crippen LogP contribution in [0.3, 0.4) is 0 Å². The standard InChI is InChI=1S/C30H31ClN4O/c1-35(2)29-14-9-20(23-7-4-5-8-24(23)29)19-32-15-6-16-33-30-25-12-10-21(31)17-28(25)34-27-13-11-22(36-3)18-26(27)30/h4-5,7-14,17-18,32H,6,15-16,19H2,1-3H3,(H,33,34). The Balaban J connectivity index is 1.28. The van der Waals surface area contributed by atoms with Gasteiger partial charge in [0.2, 0.25) is 0 Å². The number of hydrogen-bond donors (Lipinski definition) is 2. The number of rotatable bonds is 9. The number of benzene rings is 4. The minimum absolute atomic E-state index is 0.684. The first-order chi connectivity index (χ1) is 17.5. The van der Waals surface area contributed by atoms with Gasteiger partial charge >= 0.3 is 0 Å². The van der Waals surface area contributed by atoms with Crippen LogP contribution in [-0.2, 0) is 6.54 Å². The van der Waals surface area contributed by atoms with Gasteiger partial charge < -0.3 is 20.3 Å².